The molecule has 426 valence electrons. The molecule has 0 radical (unpaired) electrons. The number of aliphatic hydroxyl groups excluding tert-OH is 4. The number of amides is 4. The van der Waals surface area contributed by atoms with Gasteiger partial charge in [-0.3, -0.25) is 48.9 Å². The van der Waals surface area contributed by atoms with E-state index in [4.69, 9.17) is 18.9 Å². The van der Waals surface area contributed by atoms with E-state index in [9.17, 15) is 74.3 Å². The first kappa shape index (κ1) is 61.4. The van der Waals surface area contributed by atoms with Gasteiger partial charge in [-0.25, -0.2) is 14.4 Å². The summed E-state index contributed by atoms with van der Waals surface area (Å²) < 4.78 is 21.1. The Morgan fingerprint density at radius 1 is 0.882 bits per heavy atom. The molecule has 4 aliphatic rings. The molecule has 4 amide bonds. The van der Waals surface area contributed by atoms with Gasteiger partial charge in [0, 0.05) is 95.7 Å². The van der Waals surface area contributed by atoms with Crippen LogP contribution < -0.4 is 26.0 Å². The Morgan fingerprint density at radius 2 is 1.55 bits per heavy atom. The van der Waals surface area contributed by atoms with Crippen molar-refractivity contribution in [2.24, 2.45) is 0 Å². The minimum absolute atomic E-state index is 0.0219. The van der Waals surface area contributed by atoms with E-state index in [1.54, 1.807) is 9.80 Å². The number of ether oxygens (including phenoxy) is 4. The lowest BCUT2D eigenvalue weighted by molar-refractivity contribution is -0.386. The lowest BCUT2D eigenvalue weighted by atomic mass is 9.99. The summed E-state index contributed by atoms with van der Waals surface area (Å²) in [6.45, 7) is 0.198. The maximum Gasteiger partial charge on any atom is 0.407 e. The van der Waals surface area contributed by atoms with Gasteiger partial charge in [0.1, 0.15) is 49.3 Å². The van der Waals surface area contributed by atoms with Crippen LogP contribution in [0.5, 0.6) is 5.75 Å². The number of carbonyl (C=O) groups excluding carboxylic acids is 5. The van der Waals surface area contributed by atoms with Crippen molar-refractivity contribution in [3.05, 3.63) is 33.9 Å². The molecule has 4 fully saturated rings. The second-order valence-corrected chi connectivity index (χ2v) is 20.3. The number of unbranched alkanes of at least 4 members (excludes halogenated alkanes) is 4. The Balaban J connectivity index is 1.06. The summed E-state index contributed by atoms with van der Waals surface area (Å²) in [5.74, 6) is -2.01. The number of ketones is 1. The van der Waals surface area contributed by atoms with Gasteiger partial charge in [0.05, 0.1) is 41.8 Å². The monoisotopic (exact) mass is 1100 g/mol. The average Bonchev–Trinajstić information content (AvgIpc) is 3.95. The number of thioether (sulfide) groups is 1. The molecular weight excluding hydrogens is 1030 g/mol. The molecular formula is C47H73N9O19S. The molecule has 0 saturated carbocycles. The van der Waals surface area contributed by atoms with Crippen LogP contribution in [0.4, 0.5) is 15.3 Å². The highest BCUT2D eigenvalue weighted by Gasteiger charge is 2.45. The van der Waals surface area contributed by atoms with Crippen molar-refractivity contribution in [3.63, 3.8) is 0 Å². The summed E-state index contributed by atoms with van der Waals surface area (Å²) in [4.78, 5) is 104. The van der Waals surface area contributed by atoms with Gasteiger partial charge in [-0.1, -0.05) is 19.3 Å². The number of nitro groups is 1. The molecule has 76 heavy (non-hydrogen) atoms. The fraction of sp³-hybridized carbons (Fsp3) is 0.723. The van der Waals surface area contributed by atoms with Crippen molar-refractivity contribution in [1.82, 2.24) is 40.9 Å². The van der Waals surface area contributed by atoms with E-state index >= 15 is 0 Å². The molecule has 4 aliphatic heterocycles. The molecule has 4 saturated heterocycles. The molecule has 28 nitrogen and oxygen atoms in total. The highest BCUT2D eigenvalue weighted by Crippen LogP contribution is 2.33. The molecule has 1 aromatic carbocycles. The molecule has 29 heteroatoms. The summed E-state index contributed by atoms with van der Waals surface area (Å²) in [6.07, 6.45) is -4.19. The van der Waals surface area contributed by atoms with E-state index < -0.39 is 84.6 Å². The summed E-state index contributed by atoms with van der Waals surface area (Å²) in [7, 11) is 0. The number of nitrogens with zero attached hydrogens (tertiary/aromatic N) is 5. The zero-order valence-electron chi connectivity index (χ0n) is 42.3. The number of carboxylic acid groups (broad SMARTS) is 2. The van der Waals surface area contributed by atoms with Crippen LogP contribution >= 0.6 is 11.8 Å². The van der Waals surface area contributed by atoms with Crippen LogP contribution in [0, 0.1) is 10.1 Å². The van der Waals surface area contributed by atoms with Crippen LogP contribution in [0.25, 0.3) is 0 Å². The van der Waals surface area contributed by atoms with E-state index in [0.717, 1.165) is 37.5 Å². The first-order chi connectivity index (χ1) is 36.5. The molecule has 0 bridgehead atoms. The van der Waals surface area contributed by atoms with E-state index in [-0.39, 0.29) is 120 Å². The molecule has 4 heterocycles. The van der Waals surface area contributed by atoms with Crippen molar-refractivity contribution in [1.29, 1.82) is 0 Å². The lowest BCUT2D eigenvalue weighted by Crippen LogP contribution is -2.60. The number of aliphatic carboxylic acids is 2. The molecule has 5 rings (SSSR count). The largest absolute Gasteiger partial charge is 0.480 e. The topological polar surface area (TPSA) is 382 Å². The number of hydrogen-bond donors (Lipinski definition) is 10. The van der Waals surface area contributed by atoms with Gasteiger partial charge in [-0.05, 0) is 37.8 Å². The Hall–Kier alpha value is -5.50. The standard InChI is InChI=1S/C47H73N9O19S/c57-25-35-40(63)41(64)42(65)45(75-35)74-32-12-11-30(34(23-32)56(70)71)26-73-47(69)48-13-14-52-15-17-53(24-38(61)62)19-21-55(22-20-54(18-16-52)28-72-29-58)43(44(66)67)50-37(60)10-4-2-1-3-7-31(59)8-5-6-9-36-39-33(27-76-36)49-46(68)51-39/h11-12,23,29,33,35-36,39-43,45,57,63-65H,1-10,13-22,24-28H2,(H,48,69)(H,50,60)(H,61,62)(H,66,67)(H2,49,51,68). The summed E-state index contributed by atoms with van der Waals surface area (Å²) >= 11 is 1.85. The number of carbonyl (C=O) groups is 7. The van der Waals surface area contributed by atoms with Crippen molar-refractivity contribution in [2.45, 2.75) is 125 Å². The summed E-state index contributed by atoms with van der Waals surface area (Å²) in [5, 5.41) is 83.3. The third-order valence-electron chi connectivity index (χ3n) is 13.6. The van der Waals surface area contributed by atoms with Gasteiger partial charge in [-0.15, -0.1) is 0 Å². The molecule has 1 aromatic rings. The van der Waals surface area contributed by atoms with Gasteiger partial charge in [0.15, 0.2) is 6.17 Å². The molecule has 9 unspecified atom stereocenters. The van der Waals surface area contributed by atoms with Crippen LogP contribution in [-0.2, 0) is 44.8 Å². The predicted octanol–water partition coefficient (Wildman–Crippen LogP) is -1.40. The predicted molar refractivity (Wildman–Crippen MR) is 268 cm³/mol. The van der Waals surface area contributed by atoms with Crippen molar-refractivity contribution in [3.8, 4) is 5.75 Å². The number of rotatable bonds is 29. The van der Waals surface area contributed by atoms with E-state index in [1.165, 1.54) is 17.0 Å². The van der Waals surface area contributed by atoms with Crippen LogP contribution in [-0.4, -0.2) is 243 Å². The van der Waals surface area contributed by atoms with E-state index in [0.29, 0.717) is 43.9 Å². The summed E-state index contributed by atoms with van der Waals surface area (Å²) in [6, 6.07) is 3.70. The van der Waals surface area contributed by atoms with Gasteiger partial charge < -0.3 is 70.9 Å². The van der Waals surface area contributed by atoms with Gasteiger partial charge in [0.25, 0.3) is 12.2 Å². The number of benzene rings is 1. The van der Waals surface area contributed by atoms with Gasteiger partial charge in [0.2, 0.25) is 12.2 Å². The Bertz CT molecular complexity index is 2100. The summed E-state index contributed by atoms with van der Waals surface area (Å²) in [5.41, 5.74) is -0.546. The zero-order chi connectivity index (χ0) is 55.1. The third kappa shape index (κ3) is 19.8. The van der Waals surface area contributed by atoms with Crippen molar-refractivity contribution < 1.29 is 88.1 Å². The van der Waals surface area contributed by atoms with Crippen LogP contribution in [0.15, 0.2) is 18.2 Å². The molecule has 0 spiro atoms. The number of alkyl carbamates (subject to hydrolysis) is 1. The van der Waals surface area contributed by atoms with Crippen molar-refractivity contribution in [2.75, 3.05) is 91.1 Å². The fourth-order valence-corrected chi connectivity index (χ4v) is 10.8. The Labute approximate surface area is 443 Å². The molecule has 10 N–H and O–H groups in total. The lowest BCUT2D eigenvalue weighted by Gasteiger charge is -2.39. The highest BCUT2D eigenvalue weighted by atomic mass is 32.2. The van der Waals surface area contributed by atoms with Gasteiger partial charge >= 0.3 is 24.1 Å². The molecule has 9 atom stereocenters. The third-order valence-corrected chi connectivity index (χ3v) is 15.1. The maximum atomic E-state index is 13.1. The van der Waals surface area contributed by atoms with Crippen LogP contribution in [0.2, 0.25) is 0 Å². The van der Waals surface area contributed by atoms with E-state index in [2.05, 4.69) is 21.3 Å². The number of fused-ring (bicyclic) bond motifs is 1. The highest BCUT2D eigenvalue weighted by molar-refractivity contribution is 8.00. The Kier molecular flexibility index (Phi) is 25.6. The number of hydrogen-bond acceptors (Lipinski definition) is 22. The number of nitrogens with one attached hydrogen (secondary N) is 4. The SMILES string of the molecule is O=COCN1CCN(CCNC(=O)OCc2ccc(OC3OC(CO)C(O)C(O)C3O)cc2[N+](=O)[O-])CCN(CC(=O)O)CCN(C(NC(=O)CCCCCCC(=O)CCCCC2SCC3NC(=O)NC32)C(=O)O)CC1. The quantitative estimate of drug-likeness (QED) is 0.0145. The normalized spacial score (nSPS) is 25.3. The zero-order valence-corrected chi connectivity index (χ0v) is 43.1. The second kappa shape index (κ2) is 31.7. The first-order valence-electron chi connectivity index (χ1n) is 25.5. The number of aliphatic hydroxyl groups is 4. The fourth-order valence-electron chi connectivity index (χ4n) is 9.30. The van der Waals surface area contributed by atoms with Crippen LogP contribution in [0.1, 0.15) is 69.8 Å². The minimum Gasteiger partial charge on any atom is -0.480 e. The number of Topliss-reactive ketones (excluding diaryl/α,β-unsaturated/α-hetero) is 1. The molecule has 0 aromatic heterocycles. The van der Waals surface area contributed by atoms with E-state index in [1.807, 2.05) is 16.7 Å². The van der Waals surface area contributed by atoms with Crippen molar-refractivity contribution >= 4 is 59.7 Å². The maximum absolute atomic E-state index is 13.1. The molecule has 0 aliphatic carbocycles. The number of urea groups is 1. The van der Waals surface area contributed by atoms with Gasteiger partial charge in [-0.2, -0.15) is 11.8 Å². The Morgan fingerprint density at radius 3 is 2.24 bits per heavy atom. The first-order valence-corrected chi connectivity index (χ1v) is 26.6. The second-order valence-electron chi connectivity index (χ2n) is 19.1. The number of carboxylic acids is 2. The van der Waals surface area contributed by atoms with Crippen LogP contribution in [0.3, 0.4) is 0 Å². The smallest absolute Gasteiger partial charge is 0.407 e. The minimum atomic E-state index is -1.76. The average molecular weight is 1100 g/mol. The number of nitro benzene ring substituents is 1.